The molecule has 3 atom stereocenters. The number of nitrogens with zero attached hydrogens (tertiary/aromatic N) is 3. The molecule has 1 aromatic carbocycles. The molecule has 26 heavy (non-hydrogen) atoms. The molecule has 134 valence electrons. The maximum Gasteiger partial charge on any atom is 0.337 e. The van der Waals surface area contributed by atoms with E-state index >= 15 is 0 Å². The Morgan fingerprint density at radius 3 is 2.50 bits per heavy atom. The highest BCUT2D eigenvalue weighted by molar-refractivity contribution is 5.98. The Balaban J connectivity index is 1.57. The number of hydroxylamine groups is 2. The normalized spacial score (nSPS) is 21.9. The largest absolute Gasteiger partial charge is 0.621 e. The number of rotatable bonds is 5. The van der Waals surface area contributed by atoms with Gasteiger partial charge in [-0.1, -0.05) is 5.10 Å². The van der Waals surface area contributed by atoms with Crippen LogP contribution in [-0.2, 0) is 0 Å². The summed E-state index contributed by atoms with van der Waals surface area (Å²) in [5, 5.41) is 39.5. The van der Waals surface area contributed by atoms with Crippen molar-refractivity contribution in [2.75, 3.05) is 5.73 Å². The summed E-state index contributed by atoms with van der Waals surface area (Å²) in [5.41, 5.74) is 7.16. The summed E-state index contributed by atoms with van der Waals surface area (Å²) in [5.74, 6) is 0.134. The van der Waals surface area contributed by atoms with E-state index < -0.39 is 15.3 Å². The smallest absolute Gasteiger partial charge is 0.337 e. The van der Waals surface area contributed by atoms with E-state index in [9.17, 15) is 15.6 Å². The van der Waals surface area contributed by atoms with Crippen LogP contribution >= 0.6 is 0 Å². The van der Waals surface area contributed by atoms with Gasteiger partial charge in [0.15, 0.2) is 0 Å². The zero-order valence-corrected chi connectivity index (χ0v) is 13.7. The lowest BCUT2D eigenvalue weighted by molar-refractivity contribution is -0.952. The van der Waals surface area contributed by atoms with Crippen molar-refractivity contribution in [2.24, 2.45) is 11.0 Å². The van der Waals surface area contributed by atoms with Crippen LogP contribution in [0.1, 0.15) is 12.8 Å². The molecular formula is C16H17N7O3. The Kier molecular flexibility index (Phi) is 4.20. The summed E-state index contributed by atoms with van der Waals surface area (Å²) in [6.07, 6.45) is 4.83. The quantitative estimate of drug-likeness (QED) is 0.289. The molecule has 1 aromatic heterocycles. The van der Waals surface area contributed by atoms with E-state index in [0.29, 0.717) is 17.1 Å². The Bertz CT molecular complexity index is 880. The number of allylic oxidation sites excluding steroid dienone is 1. The molecule has 0 amide bonds. The first-order valence-electron chi connectivity index (χ1n) is 8.15. The van der Waals surface area contributed by atoms with Crippen molar-refractivity contribution >= 4 is 28.9 Å². The molecule has 1 aliphatic heterocycles. The molecule has 2 aliphatic rings. The van der Waals surface area contributed by atoms with E-state index in [0.717, 1.165) is 12.8 Å². The Morgan fingerprint density at radius 2 is 1.81 bits per heavy atom. The second kappa shape index (κ2) is 6.53. The second-order valence-corrected chi connectivity index (χ2v) is 6.22. The van der Waals surface area contributed by atoms with Crippen molar-refractivity contribution in [3.63, 3.8) is 0 Å². The summed E-state index contributed by atoms with van der Waals surface area (Å²) >= 11 is 0. The first-order valence-corrected chi connectivity index (χ1v) is 8.15. The molecule has 4 rings (SSSR count). The van der Waals surface area contributed by atoms with Crippen molar-refractivity contribution in [2.45, 2.75) is 12.8 Å². The van der Waals surface area contributed by atoms with Crippen molar-refractivity contribution in [3.8, 4) is 0 Å². The van der Waals surface area contributed by atoms with Crippen LogP contribution in [0.3, 0.4) is 0 Å². The third-order valence-electron chi connectivity index (χ3n) is 4.26. The fourth-order valence-corrected chi connectivity index (χ4v) is 2.67. The van der Waals surface area contributed by atoms with Crippen LogP contribution in [0.2, 0.25) is 0 Å². The zero-order valence-electron chi connectivity index (χ0n) is 13.7. The third kappa shape index (κ3) is 3.20. The molecule has 3 unspecified atom stereocenters. The van der Waals surface area contributed by atoms with Crippen LogP contribution in [0.15, 0.2) is 53.5 Å². The highest BCUT2D eigenvalue weighted by Crippen LogP contribution is 2.31. The Labute approximate surface area is 148 Å². The van der Waals surface area contributed by atoms with E-state index in [1.165, 1.54) is 18.3 Å². The fourth-order valence-electron chi connectivity index (χ4n) is 2.67. The van der Waals surface area contributed by atoms with E-state index in [-0.39, 0.29) is 23.5 Å². The van der Waals surface area contributed by atoms with Gasteiger partial charge in [0.25, 0.3) is 0 Å². The summed E-state index contributed by atoms with van der Waals surface area (Å²) in [6, 6.07) is 7.70. The average Bonchev–Trinajstić information content (AvgIpc) is 3.43. The van der Waals surface area contributed by atoms with Crippen LogP contribution in [-0.4, -0.2) is 15.7 Å². The Hall–Kier alpha value is -2.73. The van der Waals surface area contributed by atoms with Gasteiger partial charge in [0.05, 0.1) is 6.08 Å². The van der Waals surface area contributed by atoms with Gasteiger partial charge < -0.3 is 21.4 Å². The van der Waals surface area contributed by atoms with E-state index in [4.69, 9.17) is 5.73 Å². The summed E-state index contributed by atoms with van der Waals surface area (Å²) in [4.78, 5) is 7.99. The SMILES string of the molecule is Nc1ccc([NH+]([O-])c2nccc([NH+]([O-])C3=CC(C4CC4)=N[NH+]3[O-])n2)cc1. The number of nitrogens with one attached hydrogen (secondary N) is 3. The second-order valence-electron chi connectivity index (χ2n) is 6.22. The molecule has 1 aliphatic carbocycles. The maximum atomic E-state index is 12.6. The molecule has 1 saturated carbocycles. The molecule has 1 fully saturated rings. The number of anilines is 1. The number of nitrogen functional groups attached to an aromatic ring is 1. The fraction of sp³-hybridized carbons (Fsp3) is 0.188. The molecular weight excluding hydrogens is 338 g/mol. The summed E-state index contributed by atoms with van der Waals surface area (Å²) < 4.78 is 0. The number of hydrogen-bond donors (Lipinski definition) is 4. The topological polar surface area (TPSA) is 147 Å². The van der Waals surface area contributed by atoms with Crippen molar-refractivity contribution in [1.29, 1.82) is 0 Å². The van der Waals surface area contributed by atoms with Crippen LogP contribution in [0.25, 0.3) is 0 Å². The van der Waals surface area contributed by atoms with E-state index in [1.54, 1.807) is 24.3 Å². The molecule has 0 radical (unpaired) electrons. The van der Waals surface area contributed by atoms with E-state index in [1.807, 2.05) is 0 Å². The van der Waals surface area contributed by atoms with Gasteiger partial charge in [-0.25, -0.2) is 5.06 Å². The van der Waals surface area contributed by atoms with Crippen LogP contribution in [0.5, 0.6) is 0 Å². The Morgan fingerprint density at radius 1 is 1.08 bits per heavy atom. The van der Waals surface area contributed by atoms with Crippen LogP contribution in [0, 0.1) is 21.5 Å². The summed E-state index contributed by atoms with van der Waals surface area (Å²) in [7, 11) is 0. The minimum Gasteiger partial charge on any atom is -0.621 e. The summed E-state index contributed by atoms with van der Waals surface area (Å²) in [6.45, 7) is 0. The minimum atomic E-state index is -0.554. The number of benzene rings is 1. The first kappa shape index (κ1) is 16.7. The molecule has 2 aromatic rings. The van der Waals surface area contributed by atoms with Crippen LogP contribution in [0.4, 0.5) is 23.1 Å². The monoisotopic (exact) mass is 355 g/mol. The lowest BCUT2D eigenvalue weighted by Crippen LogP contribution is -3.19. The molecule has 0 spiro atoms. The van der Waals surface area contributed by atoms with Gasteiger partial charge in [-0.3, -0.25) is 5.06 Å². The number of hydrogen-bond acceptors (Lipinski definition) is 7. The van der Waals surface area contributed by atoms with E-state index in [2.05, 4.69) is 15.1 Å². The average molecular weight is 355 g/mol. The predicted molar refractivity (Wildman–Crippen MR) is 93.1 cm³/mol. The molecule has 10 heteroatoms. The molecule has 0 saturated heterocycles. The van der Waals surface area contributed by atoms with Gasteiger partial charge in [0.1, 0.15) is 11.4 Å². The van der Waals surface area contributed by atoms with Gasteiger partial charge in [-0.05, 0) is 25.0 Å². The van der Waals surface area contributed by atoms with Crippen molar-refractivity contribution in [3.05, 3.63) is 64.0 Å². The van der Waals surface area contributed by atoms with Crippen LogP contribution < -0.4 is 21.0 Å². The number of quaternary nitrogens is 3. The van der Waals surface area contributed by atoms with Gasteiger partial charge in [0, 0.05) is 36.0 Å². The number of nitrogens with two attached hydrogens (primary N) is 1. The molecule has 5 N–H and O–H groups in total. The maximum absolute atomic E-state index is 12.6. The lowest BCUT2D eigenvalue weighted by Gasteiger charge is -2.24. The highest BCUT2D eigenvalue weighted by Gasteiger charge is 2.35. The standard InChI is InChI=1S/C16H17N7O3/c17-11-3-5-12(6-4-11)21(24)16-18-8-7-14(19-16)22(25)15-9-13(10-1-2-10)20-23(15)26/h3-10,21-23H,1-2,17H2. The minimum absolute atomic E-state index is 0.00866. The van der Waals surface area contributed by atoms with Crippen molar-refractivity contribution < 1.29 is 15.3 Å². The molecule has 0 bridgehead atoms. The molecule has 10 nitrogen and oxygen atoms in total. The van der Waals surface area contributed by atoms with Gasteiger partial charge in [-0.2, -0.15) is 10.2 Å². The zero-order chi connectivity index (χ0) is 18.3. The predicted octanol–water partition coefficient (Wildman–Crippen LogP) is -1.58. The van der Waals surface area contributed by atoms with Crippen molar-refractivity contribution in [1.82, 2.24) is 9.97 Å². The van der Waals surface area contributed by atoms with Gasteiger partial charge in [0.2, 0.25) is 5.82 Å². The highest BCUT2D eigenvalue weighted by atomic mass is 16.6. The molecule has 2 heterocycles. The third-order valence-corrected chi connectivity index (χ3v) is 4.26. The van der Waals surface area contributed by atoms with Gasteiger partial charge >= 0.3 is 11.8 Å². The number of aromatic nitrogens is 2. The lowest BCUT2D eigenvalue weighted by atomic mass is 10.2. The van der Waals surface area contributed by atoms with Gasteiger partial charge in [-0.15, -0.1) is 4.98 Å². The first-order chi connectivity index (χ1) is 12.5.